The summed E-state index contributed by atoms with van der Waals surface area (Å²) in [6.45, 7) is 2.31. The van der Waals surface area contributed by atoms with Gasteiger partial charge >= 0.3 is 0 Å². The van der Waals surface area contributed by atoms with Crippen molar-refractivity contribution in [2.75, 3.05) is 6.54 Å². The van der Waals surface area contributed by atoms with Crippen LogP contribution in [-0.4, -0.2) is 32.0 Å². The average Bonchev–Trinajstić information content (AvgIpc) is 3.34. The number of nitrogens with one attached hydrogen (secondary N) is 1. The van der Waals surface area contributed by atoms with E-state index < -0.39 is 0 Å². The number of hydrogen-bond acceptors (Lipinski definition) is 5. The Kier molecular flexibility index (Phi) is 4.18. The Morgan fingerprint density at radius 3 is 2.85 bits per heavy atom. The molecule has 3 heterocycles. The second-order valence-electron chi connectivity index (χ2n) is 6.01. The van der Waals surface area contributed by atoms with E-state index in [4.69, 9.17) is 4.52 Å². The van der Waals surface area contributed by atoms with Crippen molar-refractivity contribution in [3.63, 3.8) is 0 Å². The highest BCUT2D eigenvalue weighted by Gasteiger charge is 2.18. The minimum atomic E-state index is -0.196. The Hall–Kier alpha value is -3.48. The Morgan fingerprint density at radius 2 is 2.00 bits per heavy atom. The molecule has 0 saturated carbocycles. The van der Waals surface area contributed by atoms with Crippen LogP contribution in [0.1, 0.15) is 29.2 Å². The van der Waals surface area contributed by atoms with E-state index in [1.165, 1.54) is 0 Å². The van der Waals surface area contributed by atoms with Gasteiger partial charge in [0.1, 0.15) is 11.3 Å². The first-order valence-corrected chi connectivity index (χ1v) is 8.31. The molecule has 3 aromatic heterocycles. The minimum absolute atomic E-state index is 0.108. The highest BCUT2D eigenvalue weighted by Crippen LogP contribution is 2.19. The molecule has 4 rings (SSSR count). The van der Waals surface area contributed by atoms with Gasteiger partial charge in [-0.2, -0.15) is 4.98 Å². The zero-order valence-corrected chi connectivity index (χ0v) is 14.2. The van der Waals surface area contributed by atoms with E-state index in [2.05, 4.69) is 20.4 Å². The number of aromatic nitrogens is 4. The number of nitrogens with zero attached hydrogens (tertiary/aromatic N) is 4. The van der Waals surface area contributed by atoms with Crippen molar-refractivity contribution < 1.29 is 9.32 Å². The molecule has 26 heavy (non-hydrogen) atoms. The number of imidazole rings is 1. The van der Waals surface area contributed by atoms with E-state index in [-0.39, 0.29) is 11.8 Å². The van der Waals surface area contributed by atoms with E-state index in [0.29, 0.717) is 24.0 Å². The van der Waals surface area contributed by atoms with Crippen LogP contribution in [0, 0.1) is 0 Å². The molecule has 0 saturated heterocycles. The molecule has 0 spiro atoms. The van der Waals surface area contributed by atoms with E-state index in [0.717, 1.165) is 11.2 Å². The molecule has 0 aliphatic heterocycles. The number of fused-ring (bicyclic) bond motifs is 1. The largest absolute Gasteiger partial charge is 0.350 e. The Bertz CT molecular complexity index is 1040. The number of pyridine rings is 1. The lowest BCUT2D eigenvalue weighted by atomic mass is 10.1. The van der Waals surface area contributed by atoms with Crippen LogP contribution in [0.4, 0.5) is 0 Å². The molecule has 1 aromatic carbocycles. The fourth-order valence-corrected chi connectivity index (χ4v) is 2.66. The van der Waals surface area contributed by atoms with E-state index in [9.17, 15) is 4.79 Å². The molecule has 0 aliphatic carbocycles. The molecule has 0 unspecified atom stereocenters. The zero-order valence-electron chi connectivity index (χ0n) is 14.2. The molecule has 0 aliphatic rings. The number of rotatable bonds is 5. The highest BCUT2D eigenvalue weighted by atomic mass is 16.5. The predicted molar refractivity (Wildman–Crippen MR) is 95.7 cm³/mol. The molecule has 1 atom stereocenters. The molecular formula is C19H17N5O2. The second kappa shape index (κ2) is 6.79. The molecule has 4 aromatic rings. The van der Waals surface area contributed by atoms with Gasteiger partial charge in [0.05, 0.1) is 12.1 Å². The Morgan fingerprint density at radius 1 is 1.19 bits per heavy atom. The van der Waals surface area contributed by atoms with E-state index in [1.807, 2.05) is 61.7 Å². The van der Waals surface area contributed by atoms with Crippen LogP contribution in [0.15, 0.2) is 65.4 Å². The molecule has 0 fully saturated rings. The number of carbonyl (C=O) groups excluding carboxylic acids is 1. The molecule has 7 heteroatoms. The lowest BCUT2D eigenvalue weighted by Gasteiger charge is -2.08. The van der Waals surface area contributed by atoms with E-state index >= 15 is 0 Å². The molecule has 1 amide bonds. The van der Waals surface area contributed by atoms with Crippen LogP contribution in [0.5, 0.6) is 0 Å². The summed E-state index contributed by atoms with van der Waals surface area (Å²) >= 11 is 0. The quantitative estimate of drug-likeness (QED) is 0.600. The third kappa shape index (κ3) is 3.06. The molecule has 7 nitrogen and oxygen atoms in total. The van der Waals surface area contributed by atoms with Gasteiger partial charge in [0.25, 0.3) is 5.91 Å². The van der Waals surface area contributed by atoms with Crippen LogP contribution in [-0.2, 0) is 0 Å². The summed E-state index contributed by atoms with van der Waals surface area (Å²) in [5.74, 6) is 0.726. The van der Waals surface area contributed by atoms with Gasteiger partial charge in [0.15, 0.2) is 0 Å². The van der Waals surface area contributed by atoms with Crippen molar-refractivity contribution in [2.45, 2.75) is 12.8 Å². The van der Waals surface area contributed by atoms with Crippen molar-refractivity contribution in [2.24, 2.45) is 0 Å². The fourth-order valence-electron chi connectivity index (χ4n) is 2.66. The molecule has 0 radical (unpaired) electrons. The lowest BCUT2D eigenvalue weighted by molar-refractivity contribution is 0.0944. The summed E-state index contributed by atoms with van der Waals surface area (Å²) in [4.78, 5) is 21.1. The molecular weight excluding hydrogens is 330 g/mol. The van der Waals surface area contributed by atoms with Crippen LogP contribution in [0.25, 0.3) is 17.0 Å². The minimum Gasteiger partial charge on any atom is -0.350 e. The summed E-state index contributed by atoms with van der Waals surface area (Å²) in [5, 5.41) is 6.91. The van der Waals surface area contributed by atoms with Crippen molar-refractivity contribution in [3.8, 4) is 11.4 Å². The zero-order chi connectivity index (χ0) is 17.9. The molecule has 0 bridgehead atoms. The standard InChI is InChI=1S/C19H17N5O2/c1-13(19-22-17(23-26-19)14-7-3-2-4-8-14)11-21-18(25)15-12-20-16-9-5-6-10-24(15)16/h2-10,12-13H,11H2,1H3,(H,21,25)/t13-/m0/s1. The lowest BCUT2D eigenvalue weighted by Crippen LogP contribution is -2.28. The summed E-state index contributed by atoms with van der Waals surface area (Å²) in [6, 6.07) is 15.2. The number of benzene rings is 1. The third-order valence-corrected chi connectivity index (χ3v) is 4.11. The van der Waals surface area contributed by atoms with Gasteiger partial charge in [-0.3, -0.25) is 9.20 Å². The van der Waals surface area contributed by atoms with Crippen LogP contribution in [0.2, 0.25) is 0 Å². The monoisotopic (exact) mass is 347 g/mol. The first-order valence-electron chi connectivity index (χ1n) is 8.31. The van der Waals surface area contributed by atoms with E-state index in [1.54, 1.807) is 10.6 Å². The summed E-state index contributed by atoms with van der Waals surface area (Å²) in [5.41, 5.74) is 2.11. The van der Waals surface area contributed by atoms with Gasteiger partial charge < -0.3 is 9.84 Å². The Labute approximate surface area is 149 Å². The molecule has 130 valence electrons. The van der Waals surface area contributed by atoms with Gasteiger partial charge in [-0.25, -0.2) is 4.98 Å². The fraction of sp³-hybridized carbons (Fsp3) is 0.158. The average molecular weight is 347 g/mol. The summed E-state index contributed by atoms with van der Waals surface area (Å²) in [6.07, 6.45) is 3.38. The first-order chi connectivity index (χ1) is 12.7. The maximum atomic E-state index is 12.4. The highest BCUT2D eigenvalue weighted by molar-refractivity contribution is 5.93. The third-order valence-electron chi connectivity index (χ3n) is 4.11. The first kappa shape index (κ1) is 16.0. The van der Waals surface area contributed by atoms with Crippen molar-refractivity contribution >= 4 is 11.6 Å². The normalized spacial score (nSPS) is 12.2. The van der Waals surface area contributed by atoms with Gasteiger partial charge in [-0.1, -0.05) is 48.5 Å². The second-order valence-corrected chi connectivity index (χ2v) is 6.01. The SMILES string of the molecule is C[C@@H](CNC(=O)c1cnc2ccccn12)c1nc(-c2ccccc2)no1. The summed E-state index contributed by atoms with van der Waals surface area (Å²) in [7, 11) is 0. The molecule has 1 N–H and O–H groups in total. The van der Waals surface area contributed by atoms with Crippen LogP contribution in [0.3, 0.4) is 0 Å². The van der Waals surface area contributed by atoms with Crippen LogP contribution < -0.4 is 5.32 Å². The van der Waals surface area contributed by atoms with Crippen molar-refractivity contribution in [1.82, 2.24) is 24.8 Å². The van der Waals surface area contributed by atoms with Crippen molar-refractivity contribution in [3.05, 3.63) is 72.5 Å². The maximum Gasteiger partial charge on any atom is 0.269 e. The number of carbonyl (C=O) groups is 1. The number of amides is 1. The van der Waals surface area contributed by atoms with Gasteiger partial charge in [-0.15, -0.1) is 0 Å². The van der Waals surface area contributed by atoms with Crippen LogP contribution >= 0.6 is 0 Å². The number of hydrogen-bond donors (Lipinski definition) is 1. The van der Waals surface area contributed by atoms with Gasteiger partial charge in [0.2, 0.25) is 11.7 Å². The van der Waals surface area contributed by atoms with Gasteiger partial charge in [-0.05, 0) is 12.1 Å². The summed E-state index contributed by atoms with van der Waals surface area (Å²) < 4.78 is 7.09. The Balaban J connectivity index is 1.43. The van der Waals surface area contributed by atoms with Gasteiger partial charge in [0, 0.05) is 18.3 Å². The van der Waals surface area contributed by atoms with Crippen molar-refractivity contribution in [1.29, 1.82) is 0 Å². The smallest absolute Gasteiger partial charge is 0.269 e. The topological polar surface area (TPSA) is 85.3 Å². The maximum absolute atomic E-state index is 12.4. The predicted octanol–water partition coefficient (Wildman–Crippen LogP) is 2.92.